The number of nitrogens with two attached hydrogens (primary N) is 1. The zero-order valence-corrected chi connectivity index (χ0v) is 10.1. The molecule has 15 heavy (non-hydrogen) atoms. The number of thiocarbonyl (C=S) groups is 1. The first-order chi connectivity index (χ1) is 7.11. The van der Waals surface area contributed by atoms with E-state index in [-0.39, 0.29) is 0 Å². The molecule has 0 bridgehead atoms. The Bertz CT molecular complexity index is 320. The van der Waals surface area contributed by atoms with Gasteiger partial charge in [0, 0.05) is 19.3 Å². The largest absolute Gasteiger partial charge is 0.388 e. The SMILES string of the molecule is CC(C)COCCn1cccc1C(N)=S. The summed E-state index contributed by atoms with van der Waals surface area (Å²) in [5.74, 6) is 0.574. The van der Waals surface area contributed by atoms with E-state index in [1.165, 1.54) is 0 Å². The van der Waals surface area contributed by atoms with Crippen LogP contribution in [0.25, 0.3) is 0 Å². The molecule has 1 rings (SSSR count). The van der Waals surface area contributed by atoms with Crippen LogP contribution in [-0.4, -0.2) is 22.8 Å². The summed E-state index contributed by atoms with van der Waals surface area (Å²) in [5, 5.41) is 0. The van der Waals surface area contributed by atoms with Gasteiger partial charge < -0.3 is 15.0 Å². The smallest absolute Gasteiger partial charge is 0.120 e. The summed E-state index contributed by atoms with van der Waals surface area (Å²) >= 11 is 4.94. The van der Waals surface area contributed by atoms with Gasteiger partial charge in [0.2, 0.25) is 0 Å². The summed E-state index contributed by atoms with van der Waals surface area (Å²) in [7, 11) is 0. The van der Waals surface area contributed by atoms with Crippen molar-refractivity contribution in [1.82, 2.24) is 4.57 Å². The van der Waals surface area contributed by atoms with Crippen molar-refractivity contribution < 1.29 is 4.74 Å². The average molecular weight is 226 g/mol. The van der Waals surface area contributed by atoms with Gasteiger partial charge in [-0.05, 0) is 18.1 Å². The third-order valence-electron chi connectivity index (χ3n) is 2.01. The van der Waals surface area contributed by atoms with E-state index in [0.717, 1.165) is 18.8 Å². The maximum absolute atomic E-state index is 5.58. The Morgan fingerprint density at radius 2 is 2.33 bits per heavy atom. The second kappa shape index (κ2) is 5.88. The third-order valence-corrected chi connectivity index (χ3v) is 2.22. The van der Waals surface area contributed by atoms with Gasteiger partial charge >= 0.3 is 0 Å². The van der Waals surface area contributed by atoms with Gasteiger partial charge in [-0.25, -0.2) is 0 Å². The van der Waals surface area contributed by atoms with E-state index in [9.17, 15) is 0 Å². The summed E-state index contributed by atoms with van der Waals surface area (Å²) in [6, 6.07) is 3.86. The summed E-state index contributed by atoms with van der Waals surface area (Å²) in [5.41, 5.74) is 6.48. The van der Waals surface area contributed by atoms with Crippen LogP contribution in [0.4, 0.5) is 0 Å². The second-order valence-corrected chi connectivity index (χ2v) is 4.36. The minimum absolute atomic E-state index is 0.434. The molecular weight excluding hydrogens is 208 g/mol. The first-order valence-electron chi connectivity index (χ1n) is 5.14. The van der Waals surface area contributed by atoms with Crippen LogP contribution in [0.15, 0.2) is 18.3 Å². The standard InChI is InChI=1S/C11H18N2OS/c1-9(2)8-14-7-6-13-5-3-4-10(13)11(12)15/h3-5,9H,6-8H2,1-2H3,(H2,12,15). The summed E-state index contributed by atoms with van der Waals surface area (Å²) in [6.45, 7) is 6.56. The Kier molecular flexibility index (Phi) is 4.78. The highest BCUT2D eigenvalue weighted by molar-refractivity contribution is 7.80. The molecule has 0 aliphatic rings. The lowest BCUT2D eigenvalue weighted by Crippen LogP contribution is -2.17. The van der Waals surface area contributed by atoms with Gasteiger partial charge in [0.05, 0.1) is 12.3 Å². The number of hydrogen-bond acceptors (Lipinski definition) is 2. The number of ether oxygens (including phenoxy) is 1. The van der Waals surface area contributed by atoms with Crippen molar-refractivity contribution in [2.45, 2.75) is 20.4 Å². The molecule has 0 aliphatic heterocycles. The molecule has 0 amide bonds. The molecule has 0 radical (unpaired) electrons. The molecule has 1 aromatic heterocycles. The minimum Gasteiger partial charge on any atom is -0.388 e. The van der Waals surface area contributed by atoms with Gasteiger partial charge in [-0.1, -0.05) is 26.1 Å². The number of nitrogens with zero attached hydrogens (tertiary/aromatic N) is 1. The predicted octanol–water partition coefficient (Wildman–Crippen LogP) is 1.79. The van der Waals surface area contributed by atoms with Crippen LogP contribution in [0.2, 0.25) is 0 Å². The topological polar surface area (TPSA) is 40.2 Å². The Balaban J connectivity index is 2.37. The fraction of sp³-hybridized carbons (Fsp3) is 0.545. The Labute approximate surface area is 96.2 Å². The van der Waals surface area contributed by atoms with Crippen molar-refractivity contribution in [3.8, 4) is 0 Å². The Hall–Kier alpha value is -0.870. The molecular formula is C11H18N2OS. The maximum atomic E-state index is 5.58. The number of hydrogen-bond donors (Lipinski definition) is 1. The fourth-order valence-corrected chi connectivity index (χ4v) is 1.50. The van der Waals surface area contributed by atoms with Crippen LogP contribution in [0.1, 0.15) is 19.5 Å². The highest BCUT2D eigenvalue weighted by Crippen LogP contribution is 2.02. The lowest BCUT2D eigenvalue weighted by molar-refractivity contribution is 0.103. The van der Waals surface area contributed by atoms with E-state index < -0.39 is 0 Å². The Morgan fingerprint density at radius 3 is 2.93 bits per heavy atom. The van der Waals surface area contributed by atoms with Crippen LogP contribution < -0.4 is 5.73 Å². The molecule has 84 valence electrons. The van der Waals surface area contributed by atoms with E-state index in [2.05, 4.69) is 13.8 Å². The highest BCUT2D eigenvalue weighted by atomic mass is 32.1. The lowest BCUT2D eigenvalue weighted by Gasteiger charge is -2.10. The molecule has 4 heteroatoms. The molecule has 0 fully saturated rings. The number of aromatic nitrogens is 1. The molecule has 2 N–H and O–H groups in total. The molecule has 3 nitrogen and oxygen atoms in total. The van der Waals surface area contributed by atoms with Crippen molar-refractivity contribution >= 4 is 17.2 Å². The normalized spacial score (nSPS) is 10.9. The summed E-state index contributed by atoms with van der Waals surface area (Å²) < 4.78 is 7.51. The van der Waals surface area contributed by atoms with Crippen molar-refractivity contribution in [1.29, 1.82) is 0 Å². The maximum Gasteiger partial charge on any atom is 0.120 e. The average Bonchev–Trinajstić information content (AvgIpc) is 2.60. The summed E-state index contributed by atoms with van der Waals surface area (Å²) in [6.07, 6.45) is 1.97. The zero-order chi connectivity index (χ0) is 11.3. The molecule has 0 aliphatic carbocycles. The van der Waals surface area contributed by atoms with E-state index in [1.807, 2.05) is 22.9 Å². The van der Waals surface area contributed by atoms with Crippen LogP contribution in [0.3, 0.4) is 0 Å². The molecule has 1 aromatic rings. The molecule has 0 saturated heterocycles. The van der Waals surface area contributed by atoms with E-state index in [0.29, 0.717) is 17.5 Å². The van der Waals surface area contributed by atoms with Gasteiger partial charge in [-0.3, -0.25) is 0 Å². The molecule has 0 aromatic carbocycles. The van der Waals surface area contributed by atoms with Crippen molar-refractivity contribution in [2.75, 3.05) is 13.2 Å². The first-order valence-corrected chi connectivity index (χ1v) is 5.54. The first kappa shape index (κ1) is 12.2. The third kappa shape index (κ3) is 4.01. The van der Waals surface area contributed by atoms with Gasteiger partial charge in [-0.15, -0.1) is 0 Å². The van der Waals surface area contributed by atoms with Crippen LogP contribution in [-0.2, 0) is 11.3 Å². The van der Waals surface area contributed by atoms with Crippen LogP contribution in [0.5, 0.6) is 0 Å². The fourth-order valence-electron chi connectivity index (χ4n) is 1.31. The van der Waals surface area contributed by atoms with Crippen LogP contribution >= 0.6 is 12.2 Å². The number of rotatable bonds is 6. The van der Waals surface area contributed by atoms with E-state index in [1.54, 1.807) is 0 Å². The van der Waals surface area contributed by atoms with Gasteiger partial charge in [-0.2, -0.15) is 0 Å². The van der Waals surface area contributed by atoms with Crippen LogP contribution in [0, 0.1) is 5.92 Å². The molecule has 0 atom stereocenters. The second-order valence-electron chi connectivity index (χ2n) is 3.92. The van der Waals surface area contributed by atoms with Crippen molar-refractivity contribution in [2.24, 2.45) is 11.7 Å². The molecule has 0 spiro atoms. The summed E-state index contributed by atoms with van der Waals surface area (Å²) in [4.78, 5) is 0.434. The van der Waals surface area contributed by atoms with Gasteiger partial charge in [0.25, 0.3) is 0 Å². The van der Waals surface area contributed by atoms with E-state index in [4.69, 9.17) is 22.7 Å². The van der Waals surface area contributed by atoms with Gasteiger partial charge in [0.1, 0.15) is 4.99 Å². The van der Waals surface area contributed by atoms with Gasteiger partial charge in [0.15, 0.2) is 0 Å². The van der Waals surface area contributed by atoms with E-state index >= 15 is 0 Å². The highest BCUT2D eigenvalue weighted by Gasteiger charge is 2.02. The molecule has 0 unspecified atom stereocenters. The predicted molar refractivity (Wildman–Crippen MR) is 66.0 cm³/mol. The van der Waals surface area contributed by atoms with Crippen molar-refractivity contribution in [3.63, 3.8) is 0 Å². The van der Waals surface area contributed by atoms with Crippen molar-refractivity contribution in [3.05, 3.63) is 24.0 Å². The quantitative estimate of drug-likeness (QED) is 0.594. The molecule has 1 heterocycles. The Morgan fingerprint density at radius 1 is 1.60 bits per heavy atom. The molecule has 0 saturated carbocycles. The lowest BCUT2D eigenvalue weighted by atomic mass is 10.2. The monoisotopic (exact) mass is 226 g/mol. The minimum atomic E-state index is 0.434. The zero-order valence-electron chi connectivity index (χ0n) is 9.27.